The Balaban J connectivity index is 1.82. The number of nitrogens with one attached hydrogen (secondary N) is 1. The van der Waals surface area contributed by atoms with Crippen LogP contribution in [0.4, 0.5) is 0 Å². The average molecular weight is 254 g/mol. The molecule has 0 aromatic heterocycles. The Hall–Kier alpha value is -0.120. The Labute approximate surface area is 112 Å². The third-order valence-corrected chi connectivity index (χ3v) is 4.75. The predicted octanol–water partition coefficient (Wildman–Crippen LogP) is 2.41. The van der Waals surface area contributed by atoms with Crippen LogP contribution in [0.15, 0.2) is 0 Å². The van der Waals surface area contributed by atoms with E-state index in [4.69, 9.17) is 4.74 Å². The van der Waals surface area contributed by atoms with Gasteiger partial charge in [-0.15, -0.1) is 0 Å². The van der Waals surface area contributed by atoms with E-state index in [-0.39, 0.29) is 5.60 Å². The van der Waals surface area contributed by atoms with E-state index < -0.39 is 0 Å². The highest BCUT2D eigenvalue weighted by atomic mass is 16.5. The van der Waals surface area contributed by atoms with Crippen LogP contribution in [0.1, 0.15) is 52.4 Å². The van der Waals surface area contributed by atoms with Gasteiger partial charge in [-0.3, -0.25) is 4.90 Å². The molecule has 0 bridgehead atoms. The summed E-state index contributed by atoms with van der Waals surface area (Å²) in [7, 11) is 2.15. The van der Waals surface area contributed by atoms with Gasteiger partial charge in [0.1, 0.15) is 0 Å². The second-order valence-electron chi connectivity index (χ2n) is 6.73. The van der Waals surface area contributed by atoms with E-state index in [1.165, 1.54) is 45.1 Å². The summed E-state index contributed by atoms with van der Waals surface area (Å²) in [6.45, 7) is 8.68. The standard InChI is InChI=1S/C15H30N2O/c1-14(2)13-17(11-12-18-14)10-9-15(16-3)7-5-4-6-8-15/h16H,4-13H2,1-3H3. The van der Waals surface area contributed by atoms with Gasteiger partial charge in [0.15, 0.2) is 0 Å². The van der Waals surface area contributed by atoms with Gasteiger partial charge in [0, 0.05) is 25.2 Å². The maximum absolute atomic E-state index is 5.78. The lowest BCUT2D eigenvalue weighted by atomic mass is 9.79. The zero-order chi connectivity index (χ0) is 13.1. The largest absolute Gasteiger partial charge is 0.373 e. The summed E-state index contributed by atoms with van der Waals surface area (Å²) in [5.41, 5.74) is 0.457. The van der Waals surface area contributed by atoms with Gasteiger partial charge in [0.25, 0.3) is 0 Å². The normalized spacial score (nSPS) is 28.2. The zero-order valence-corrected chi connectivity index (χ0v) is 12.4. The molecular weight excluding hydrogens is 224 g/mol. The van der Waals surface area contributed by atoms with E-state index in [0.29, 0.717) is 5.54 Å². The molecule has 0 unspecified atom stereocenters. The first-order valence-electron chi connectivity index (χ1n) is 7.61. The van der Waals surface area contributed by atoms with Crippen molar-refractivity contribution in [2.45, 2.75) is 63.5 Å². The highest BCUT2D eigenvalue weighted by Gasteiger charge is 2.32. The molecule has 0 aromatic carbocycles. The summed E-state index contributed by atoms with van der Waals surface area (Å²) in [6.07, 6.45) is 8.23. The van der Waals surface area contributed by atoms with Crippen LogP contribution in [0.2, 0.25) is 0 Å². The summed E-state index contributed by atoms with van der Waals surface area (Å²) in [5.74, 6) is 0. The average Bonchev–Trinajstić information content (AvgIpc) is 2.36. The third kappa shape index (κ3) is 3.69. The Bertz CT molecular complexity index is 259. The molecule has 1 saturated carbocycles. The number of hydrogen-bond acceptors (Lipinski definition) is 3. The van der Waals surface area contributed by atoms with Crippen LogP contribution in [0.25, 0.3) is 0 Å². The molecule has 1 N–H and O–H groups in total. The number of hydrogen-bond donors (Lipinski definition) is 1. The summed E-state index contributed by atoms with van der Waals surface area (Å²) in [4.78, 5) is 2.58. The van der Waals surface area contributed by atoms with Crippen LogP contribution in [-0.4, -0.2) is 49.3 Å². The summed E-state index contributed by atoms with van der Waals surface area (Å²) >= 11 is 0. The van der Waals surface area contributed by atoms with Crippen molar-refractivity contribution in [3.8, 4) is 0 Å². The van der Waals surface area contributed by atoms with Crippen molar-refractivity contribution in [3.63, 3.8) is 0 Å². The molecule has 0 radical (unpaired) electrons. The lowest BCUT2D eigenvalue weighted by Gasteiger charge is -2.42. The lowest BCUT2D eigenvalue weighted by molar-refractivity contribution is -0.0876. The molecule has 1 aliphatic carbocycles. The van der Waals surface area contributed by atoms with Crippen molar-refractivity contribution in [2.75, 3.05) is 33.3 Å². The minimum Gasteiger partial charge on any atom is -0.373 e. The maximum atomic E-state index is 5.78. The van der Waals surface area contributed by atoms with Crippen LogP contribution in [-0.2, 0) is 4.74 Å². The van der Waals surface area contributed by atoms with Crippen molar-refractivity contribution in [2.24, 2.45) is 0 Å². The lowest BCUT2D eigenvalue weighted by Crippen LogP contribution is -2.52. The van der Waals surface area contributed by atoms with Gasteiger partial charge in [-0.05, 0) is 40.2 Å². The molecule has 2 fully saturated rings. The molecule has 106 valence electrons. The Morgan fingerprint density at radius 3 is 2.50 bits per heavy atom. The monoisotopic (exact) mass is 254 g/mol. The zero-order valence-electron chi connectivity index (χ0n) is 12.4. The third-order valence-electron chi connectivity index (χ3n) is 4.75. The molecule has 3 nitrogen and oxygen atoms in total. The van der Waals surface area contributed by atoms with Crippen LogP contribution < -0.4 is 5.32 Å². The number of nitrogens with zero attached hydrogens (tertiary/aromatic N) is 1. The molecule has 2 rings (SSSR count). The van der Waals surface area contributed by atoms with Crippen molar-refractivity contribution in [3.05, 3.63) is 0 Å². The highest BCUT2D eigenvalue weighted by molar-refractivity contribution is 4.91. The highest BCUT2D eigenvalue weighted by Crippen LogP contribution is 2.31. The Morgan fingerprint density at radius 1 is 1.17 bits per heavy atom. The quantitative estimate of drug-likeness (QED) is 0.834. The van der Waals surface area contributed by atoms with Gasteiger partial charge in [-0.25, -0.2) is 0 Å². The van der Waals surface area contributed by atoms with Gasteiger partial charge >= 0.3 is 0 Å². The first-order chi connectivity index (χ1) is 8.55. The van der Waals surface area contributed by atoms with E-state index in [2.05, 4.69) is 31.1 Å². The summed E-state index contributed by atoms with van der Waals surface area (Å²) < 4.78 is 5.78. The van der Waals surface area contributed by atoms with Crippen LogP contribution in [0.3, 0.4) is 0 Å². The van der Waals surface area contributed by atoms with Gasteiger partial charge in [-0.2, -0.15) is 0 Å². The van der Waals surface area contributed by atoms with E-state index in [9.17, 15) is 0 Å². The van der Waals surface area contributed by atoms with Gasteiger partial charge < -0.3 is 10.1 Å². The molecule has 1 aliphatic heterocycles. The molecule has 3 heteroatoms. The Kier molecular flexibility index (Phi) is 4.68. The topological polar surface area (TPSA) is 24.5 Å². The number of ether oxygens (including phenoxy) is 1. The minimum absolute atomic E-state index is 0.0393. The maximum Gasteiger partial charge on any atom is 0.0753 e. The molecule has 1 heterocycles. The molecule has 1 saturated heterocycles. The van der Waals surface area contributed by atoms with Crippen molar-refractivity contribution in [1.82, 2.24) is 10.2 Å². The van der Waals surface area contributed by atoms with Crippen LogP contribution in [0, 0.1) is 0 Å². The first kappa shape index (κ1) is 14.3. The summed E-state index contributed by atoms with van der Waals surface area (Å²) in [6, 6.07) is 0. The van der Waals surface area contributed by atoms with Crippen LogP contribution in [0.5, 0.6) is 0 Å². The second-order valence-corrected chi connectivity index (χ2v) is 6.73. The fourth-order valence-electron chi connectivity index (χ4n) is 3.53. The van der Waals surface area contributed by atoms with Gasteiger partial charge in [-0.1, -0.05) is 19.3 Å². The second kappa shape index (κ2) is 5.89. The van der Waals surface area contributed by atoms with E-state index in [1.807, 2.05) is 0 Å². The SMILES string of the molecule is CNC1(CCN2CCOC(C)(C)C2)CCCCC1. The fourth-order valence-corrected chi connectivity index (χ4v) is 3.53. The van der Waals surface area contributed by atoms with E-state index in [1.54, 1.807) is 0 Å². The molecule has 0 atom stereocenters. The number of rotatable bonds is 4. The van der Waals surface area contributed by atoms with E-state index >= 15 is 0 Å². The van der Waals surface area contributed by atoms with E-state index in [0.717, 1.165) is 19.7 Å². The van der Waals surface area contributed by atoms with Gasteiger partial charge in [0.05, 0.1) is 12.2 Å². The molecule has 0 spiro atoms. The molecule has 0 aromatic rings. The van der Waals surface area contributed by atoms with Crippen molar-refractivity contribution in [1.29, 1.82) is 0 Å². The molecule has 18 heavy (non-hydrogen) atoms. The summed E-state index contributed by atoms with van der Waals surface area (Å²) in [5, 5.41) is 3.62. The molecule has 0 amide bonds. The van der Waals surface area contributed by atoms with Crippen LogP contribution >= 0.6 is 0 Å². The smallest absolute Gasteiger partial charge is 0.0753 e. The molecule has 2 aliphatic rings. The fraction of sp³-hybridized carbons (Fsp3) is 1.00. The van der Waals surface area contributed by atoms with Gasteiger partial charge in [0.2, 0.25) is 0 Å². The minimum atomic E-state index is 0.0393. The predicted molar refractivity (Wildman–Crippen MR) is 76.0 cm³/mol. The Morgan fingerprint density at radius 2 is 1.89 bits per heavy atom. The first-order valence-corrected chi connectivity index (χ1v) is 7.61. The van der Waals surface area contributed by atoms with Crippen molar-refractivity contribution >= 4 is 0 Å². The van der Waals surface area contributed by atoms with Crippen molar-refractivity contribution < 1.29 is 4.74 Å². The molecular formula is C15H30N2O. The number of morpholine rings is 1.